The van der Waals surface area contributed by atoms with Crippen LogP contribution in [0.15, 0.2) is 66.0 Å². The van der Waals surface area contributed by atoms with Gasteiger partial charge in [0.15, 0.2) is 0 Å². The number of methoxy groups -OCH3 is 1. The van der Waals surface area contributed by atoms with E-state index in [1.165, 1.54) is 6.07 Å². The maximum absolute atomic E-state index is 14.3. The second kappa shape index (κ2) is 12.7. The van der Waals surface area contributed by atoms with Crippen LogP contribution in [0.25, 0.3) is 0 Å². The Morgan fingerprint density at radius 3 is 2.38 bits per heavy atom. The van der Waals surface area contributed by atoms with Gasteiger partial charge in [0.1, 0.15) is 11.6 Å². The van der Waals surface area contributed by atoms with Gasteiger partial charge in [0.25, 0.3) is 0 Å². The molecular formula is C28H33FN4O3S. The van der Waals surface area contributed by atoms with Crippen molar-refractivity contribution >= 4 is 28.8 Å². The molecule has 2 atom stereocenters. The Balaban J connectivity index is 1.32. The van der Waals surface area contributed by atoms with Crippen LogP contribution >= 0.6 is 11.3 Å². The Morgan fingerprint density at radius 2 is 1.73 bits per heavy atom. The van der Waals surface area contributed by atoms with Crippen LogP contribution in [-0.4, -0.2) is 62.6 Å². The van der Waals surface area contributed by atoms with Gasteiger partial charge in [-0.2, -0.15) is 0 Å². The summed E-state index contributed by atoms with van der Waals surface area (Å²) in [4.78, 5) is 30.7. The third kappa shape index (κ3) is 6.87. The Hall–Kier alpha value is -3.43. The topological polar surface area (TPSA) is 73.9 Å². The van der Waals surface area contributed by atoms with E-state index in [-0.39, 0.29) is 17.9 Å². The van der Waals surface area contributed by atoms with Crippen molar-refractivity contribution in [2.75, 3.05) is 44.7 Å². The summed E-state index contributed by atoms with van der Waals surface area (Å²) >= 11 is 1.63. The lowest BCUT2D eigenvalue weighted by molar-refractivity contribution is -0.139. The summed E-state index contributed by atoms with van der Waals surface area (Å²) in [6.45, 7) is 5.07. The van der Waals surface area contributed by atoms with E-state index in [1.54, 1.807) is 30.6 Å². The first-order valence-electron chi connectivity index (χ1n) is 12.4. The third-order valence-corrected chi connectivity index (χ3v) is 7.58. The average Bonchev–Trinajstić information content (AvgIpc) is 3.44. The number of hydrogen-bond acceptors (Lipinski definition) is 6. The second-order valence-corrected chi connectivity index (χ2v) is 10.0. The number of nitrogens with one attached hydrogen (secondary N) is 2. The molecule has 1 aliphatic heterocycles. The number of halogens is 1. The highest BCUT2D eigenvalue weighted by molar-refractivity contribution is 7.10. The van der Waals surface area contributed by atoms with Crippen molar-refractivity contribution in [1.29, 1.82) is 0 Å². The highest BCUT2D eigenvalue weighted by atomic mass is 32.1. The standard InChI is InChI=1S/C28H33FN4O3S/c1-20(31-28(35)27(34)30-14-13-21-9-11-22(36-2)12-10-21)26(25-8-5-19-37-25)33-17-15-32(16-18-33)24-7-4-3-6-23(24)29/h3-12,19-20,26H,13-18H2,1-2H3,(H,30,34)(H,31,35)/t20-,26-/m1/s1. The van der Waals surface area contributed by atoms with Gasteiger partial charge in [0.2, 0.25) is 0 Å². The van der Waals surface area contributed by atoms with Gasteiger partial charge in [-0.25, -0.2) is 4.39 Å². The van der Waals surface area contributed by atoms with Gasteiger partial charge >= 0.3 is 11.8 Å². The molecule has 3 aromatic rings. The van der Waals surface area contributed by atoms with Gasteiger partial charge in [0, 0.05) is 43.6 Å². The van der Waals surface area contributed by atoms with Crippen molar-refractivity contribution in [3.8, 4) is 5.75 Å². The largest absolute Gasteiger partial charge is 0.497 e. The average molecular weight is 525 g/mol. The second-order valence-electron chi connectivity index (χ2n) is 9.05. The molecule has 196 valence electrons. The summed E-state index contributed by atoms with van der Waals surface area (Å²) in [6.07, 6.45) is 0.614. The summed E-state index contributed by atoms with van der Waals surface area (Å²) in [6, 6.07) is 18.1. The number of nitrogens with zero attached hydrogens (tertiary/aromatic N) is 2. The molecule has 0 unspecified atom stereocenters. The lowest BCUT2D eigenvalue weighted by atomic mass is 10.0. The molecule has 1 aromatic heterocycles. The number of carbonyl (C=O) groups is 2. The molecule has 0 radical (unpaired) electrons. The van der Waals surface area contributed by atoms with E-state index in [9.17, 15) is 14.0 Å². The van der Waals surface area contributed by atoms with Gasteiger partial charge in [-0.1, -0.05) is 30.3 Å². The van der Waals surface area contributed by atoms with Crippen LogP contribution in [-0.2, 0) is 16.0 Å². The van der Waals surface area contributed by atoms with Crippen LogP contribution in [0.1, 0.15) is 23.4 Å². The van der Waals surface area contributed by atoms with Crippen LogP contribution in [0.5, 0.6) is 5.75 Å². The van der Waals surface area contributed by atoms with Gasteiger partial charge < -0.3 is 20.3 Å². The maximum atomic E-state index is 14.3. The van der Waals surface area contributed by atoms with Crippen molar-refractivity contribution in [2.45, 2.75) is 25.4 Å². The van der Waals surface area contributed by atoms with E-state index in [0.29, 0.717) is 44.8 Å². The van der Waals surface area contributed by atoms with Crippen LogP contribution in [0.4, 0.5) is 10.1 Å². The molecule has 2 aromatic carbocycles. The molecule has 0 saturated carbocycles. The van der Waals surface area contributed by atoms with Crippen molar-refractivity contribution in [3.05, 3.63) is 82.3 Å². The van der Waals surface area contributed by atoms with Gasteiger partial charge in [0.05, 0.1) is 18.8 Å². The summed E-state index contributed by atoms with van der Waals surface area (Å²) in [5.41, 5.74) is 1.66. The fourth-order valence-corrected chi connectivity index (χ4v) is 5.66. The number of thiophene rings is 1. The fraction of sp³-hybridized carbons (Fsp3) is 0.357. The van der Waals surface area contributed by atoms with Crippen LogP contribution in [0.3, 0.4) is 0 Å². The van der Waals surface area contributed by atoms with Crippen molar-refractivity contribution in [3.63, 3.8) is 0 Å². The minimum Gasteiger partial charge on any atom is -0.497 e. The maximum Gasteiger partial charge on any atom is 0.309 e. The number of hydrogen-bond donors (Lipinski definition) is 2. The molecule has 2 N–H and O–H groups in total. The number of amides is 2. The molecule has 1 fully saturated rings. The summed E-state index contributed by atoms with van der Waals surface area (Å²) in [5, 5.41) is 7.63. The first kappa shape index (κ1) is 26.6. The van der Waals surface area contributed by atoms with Crippen LogP contribution < -0.4 is 20.3 Å². The van der Waals surface area contributed by atoms with Crippen molar-refractivity contribution in [1.82, 2.24) is 15.5 Å². The first-order valence-corrected chi connectivity index (χ1v) is 13.3. The highest BCUT2D eigenvalue weighted by Crippen LogP contribution is 2.30. The van der Waals surface area contributed by atoms with E-state index in [2.05, 4.69) is 26.5 Å². The SMILES string of the molecule is COc1ccc(CCNC(=O)C(=O)N[C@H](C)[C@H](c2cccs2)N2CCN(c3ccccc3F)CC2)cc1. The van der Waals surface area contributed by atoms with E-state index < -0.39 is 11.8 Å². The lowest BCUT2D eigenvalue weighted by Crippen LogP contribution is -2.54. The predicted octanol–water partition coefficient (Wildman–Crippen LogP) is 3.62. The highest BCUT2D eigenvalue weighted by Gasteiger charge is 2.32. The molecule has 4 rings (SSSR count). The van der Waals surface area contributed by atoms with Gasteiger partial charge in [-0.15, -0.1) is 11.3 Å². The summed E-state index contributed by atoms with van der Waals surface area (Å²) < 4.78 is 19.4. The first-order chi connectivity index (χ1) is 18.0. The quantitative estimate of drug-likeness (QED) is 0.419. The minimum absolute atomic E-state index is 0.0844. The zero-order valence-electron chi connectivity index (χ0n) is 21.2. The molecule has 0 bridgehead atoms. The zero-order chi connectivity index (χ0) is 26.2. The van der Waals surface area contributed by atoms with E-state index in [1.807, 2.05) is 48.7 Å². The lowest BCUT2D eigenvalue weighted by Gasteiger charge is -2.42. The predicted molar refractivity (Wildman–Crippen MR) is 145 cm³/mol. The Kier molecular flexibility index (Phi) is 9.14. The number of anilines is 1. The van der Waals surface area contributed by atoms with Crippen molar-refractivity contribution < 1.29 is 18.7 Å². The van der Waals surface area contributed by atoms with E-state index in [4.69, 9.17) is 4.74 Å². The van der Waals surface area contributed by atoms with Crippen molar-refractivity contribution in [2.24, 2.45) is 0 Å². The minimum atomic E-state index is -0.645. The van der Waals surface area contributed by atoms with Gasteiger partial charge in [-0.05, 0) is 54.6 Å². The van der Waals surface area contributed by atoms with E-state index >= 15 is 0 Å². The molecule has 1 saturated heterocycles. The number of rotatable bonds is 9. The van der Waals surface area contributed by atoms with Gasteiger partial charge in [-0.3, -0.25) is 14.5 Å². The fourth-order valence-electron chi connectivity index (χ4n) is 4.70. The molecule has 0 spiro atoms. The number of para-hydroxylation sites is 1. The number of carbonyl (C=O) groups excluding carboxylic acids is 2. The normalized spacial score (nSPS) is 15.6. The number of ether oxygens (including phenoxy) is 1. The molecule has 2 heterocycles. The summed E-state index contributed by atoms with van der Waals surface area (Å²) in [5.74, 6) is -0.733. The molecular weight excluding hydrogens is 491 g/mol. The van der Waals surface area contributed by atoms with Crippen LogP contribution in [0.2, 0.25) is 0 Å². The molecule has 2 amide bonds. The van der Waals surface area contributed by atoms with E-state index in [0.717, 1.165) is 16.2 Å². The molecule has 37 heavy (non-hydrogen) atoms. The molecule has 9 heteroatoms. The number of benzene rings is 2. The Morgan fingerprint density at radius 1 is 1.00 bits per heavy atom. The third-order valence-electron chi connectivity index (χ3n) is 6.63. The Bertz CT molecular complexity index is 1160. The molecule has 0 aliphatic carbocycles. The summed E-state index contributed by atoms with van der Waals surface area (Å²) in [7, 11) is 1.61. The monoisotopic (exact) mass is 524 g/mol. The molecule has 7 nitrogen and oxygen atoms in total. The Labute approximate surface area is 221 Å². The molecule has 1 aliphatic rings. The number of piperazine rings is 1. The smallest absolute Gasteiger partial charge is 0.309 e. The van der Waals surface area contributed by atoms with Crippen LogP contribution in [0, 0.1) is 5.82 Å². The zero-order valence-corrected chi connectivity index (χ0v) is 22.0.